The maximum atomic E-state index is 12.2. The van der Waals surface area contributed by atoms with Crippen molar-refractivity contribution in [3.63, 3.8) is 0 Å². The summed E-state index contributed by atoms with van der Waals surface area (Å²) in [6.07, 6.45) is 5.38. The SMILES string of the molecule is CC(=O)SCc1ccc(OCCNC(=O)[C@H](N)CCCCNC(=O)CCCC[C@@H]2SC[C@@H]3NC(=O)N[C@@H]32)cc1. The second kappa shape index (κ2) is 16.6. The molecular formula is C27H41N5O5S2. The second-order valence-corrected chi connectivity index (χ2v) is 12.3. The molecule has 39 heavy (non-hydrogen) atoms. The predicted octanol–water partition coefficient (Wildman–Crippen LogP) is 2.30. The first-order valence-electron chi connectivity index (χ1n) is 13.7. The van der Waals surface area contributed by atoms with E-state index in [-0.39, 0.29) is 35.0 Å². The average molecular weight is 580 g/mol. The number of carbonyl (C=O) groups excluding carboxylic acids is 4. The number of nitrogens with one attached hydrogen (secondary N) is 4. The molecule has 216 valence electrons. The van der Waals surface area contributed by atoms with Crippen molar-refractivity contribution in [1.29, 1.82) is 0 Å². The zero-order valence-electron chi connectivity index (χ0n) is 22.5. The molecule has 0 unspecified atom stereocenters. The van der Waals surface area contributed by atoms with E-state index >= 15 is 0 Å². The second-order valence-electron chi connectivity index (χ2n) is 9.88. The number of fused-ring (bicyclic) bond motifs is 1. The first-order valence-corrected chi connectivity index (χ1v) is 15.7. The van der Waals surface area contributed by atoms with Gasteiger partial charge in [0.05, 0.1) is 24.7 Å². The van der Waals surface area contributed by atoms with E-state index in [9.17, 15) is 19.2 Å². The summed E-state index contributed by atoms with van der Waals surface area (Å²) in [5, 5.41) is 12.2. The van der Waals surface area contributed by atoms with E-state index < -0.39 is 6.04 Å². The van der Waals surface area contributed by atoms with Crippen molar-refractivity contribution in [1.82, 2.24) is 21.3 Å². The molecule has 0 aromatic heterocycles. The van der Waals surface area contributed by atoms with Crippen LogP contribution in [0.5, 0.6) is 5.75 Å². The summed E-state index contributed by atoms with van der Waals surface area (Å²) < 4.78 is 5.65. The number of carbonyl (C=O) groups is 4. The molecule has 1 aromatic carbocycles. The Morgan fingerprint density at radius 2 is 1.90 bits per heavy atom. The van der Waals surface area contributed by atoms with Crippen LogP contribution >= 0.6 is 23.5 Å². The van der Waals surface area contributed by atoms with Crippen molar-refractivity contribution >= 4 is 46.5 Å². The third kappa shape index (κ3) is 11.3. The molecular weight excluding hydrogens is 538 g/mol. The minimum absolute atomic E-state index is 0.0504. The van der Waals surface area contributed by atoms with E-state index in [1.165, 1.54) is 11.8 Å². The number of urea groups is 1. The maximum Gasteiger partial charge on any atom is 0.315 e. The van der Waals surface area contributed by atoms with Crippen molar-refractivity contribution in [2.75, 3.05) is 25.4 Å². The first kappa shape index (κ1) is 31.1. The summed E-state index contributed by atoms with van der Waals surface area (Å²) in [6.45, 7) is 2.82. The molecule has 0 radical (unpaired) electrons. The summed E-state index contributed by atoms with van der Waals surface area (Å²) in [6, 6.07) is 7.33. The van der Waals surface area contributed by atoms with Crippen molar-refractivity contribution in [2.45, 2.75) is 81.0 Å². The van der Waals surface area contributed by atoms with Gasteiger partial charge in [0.15, 0.2) is 5.12 Å². The Bertz CT molecular complexity index is 964. The number of unbranched alkanes of at least 4 members (excludes halogenated alkanes) is 2. The number of nitrogens with two attached hydrogens (primary N) is 1. The molecule has 1 aromatic rings. The molecule has 6 N–H and O–H groups in total. The van der Waals surface area contributed by atoms with E-state index in [1.54, 1.807) is 6.92 Å². The zero-order valence-corrected chi connectivity index (χ0v) is 24.2. The summed E-state index contributed by atoms with van der Waals surface area (Å²) in [7, 11) is 0. The summed E-state index contributed by atoms with van der Waals surface area (Å²) >= 11 is 3.16. The molecule has 3 rings (SSSR count). The number of rotatable bonds is 17. The minimum atomic E-state index is -0.591. The highest BCUT2D eigenvalue weighted by Gasteiger charge is 2.42. The normalized spacial score (nSPS) is 20.5. The molecule has 4 amide bonds. The predicted molar refractivity (Wildman–Crippen MR) is 156 cm³/mol. The van der Waals surface area contributed by atoms with E-state index in [1.807, 2.05) is 36.0 Å². The number of benzene rings is 1. The third-order valence-corrected chi connectivity index (χ3v) is 9.11. The quantitative estimate of drug-likeness (QED) is 0.139. The van der Waals surface area contributed by atoms with Gasteiger partial charge in [-0.25, -0.2) is 4.79 Å². The van der Waals surface area contributed by atoms with Crippen LogP contribution in [0.3, 0.4) is 0 Å². The van der Waals surface area contributed by atoms with Crippen LogP contribution in [-0.2, 0) is 20.1 Å². The van der Waals surface area contributed by atoms with Crippen LogP contribution in [0, 0.1) is 0 Å². The molecule has 4 atom stereocenters. The van der Waals surface area contributed by atoms with Crippen LogP contribution in [0.25, 0.3) is 0 Å². The van der Waals surface area contributed by atoms with Gasteiger partial charge in [0.25, 0.3) is 0 Å². The van der Waals surface area contributed by atoms with Crippen LogP contribution in [0.4, 0.5) is 4.79 Å². The maximum absolute atomic E-state index is 12.2. The number of ether oxygens (including phenoxy) is 1. The molecule has 0 spiro atoms. The number of hydrogen-bond acceptors (Lipinski definition) is 8. The lowest BCUT2D eigenvalue weighted by atomic mass is 10.0. The van der Waals surface area contributed by atoms with Gasteiger partial charge in [0, 0.05) is 36.6 Å². The van der Waals surface area contributed by atoms with Gasteiger partial charge in [0.1, 0.15) is 12.4 Å². The lowest BCUT2D eigenvalue weighted by Crippen LogP contribution is -2.42. The van der Waals surface area contributed by atoms with E-state index in [2.05, 4.69) is 21.3 Å². The smallest absolute Gasteiger partial charge is 0.315 e. The van der Waals surface area contributed by atoms with Crippen molar-refractivity contribution < 1.29 is 23.9 Å². The van der Waals surface area contributed by atoms with Gasteiger partial charge < -0.3 is 31.7 Å². The molecule has 2 heterocycles. The van der Waals surface area contributed by atoms with Crippen molar-refractivity contribution in [3.05, 3.63) is 29.8 Å². The Balaban J connectivity index is 1.14. The standard InChI is InChI=1S/C27H41N5O5S2/c1-18(33)38-16-19-9-11-20(12-10-19)37-15-14-30-26(35)21(28)6-4-5-13-29-24(34)8-3-2-7-23-25-22(17-39-23)31-27(36)32-25/h9-12,21-23,25H,2-8,13-17,28H2,1H3,(H,29,34)(H,30,35)(H2,31,32,36)/t21-,22+,23+,25+/m1/s1. The highest BCUT2D eigenvalue weighted by molar-refractivity contribution is 8.12. The summed E-state index contributed by atoms with van der Waals surface area (Å²) in [4.78, 5) is 46.8. The van der Waals surface area contributed by atoms with Crippen LogP contribution < -0.4 is 31.7 Å². The van der Waals surface area contributed by atoms with Gasteiger partial charge in [-0.1, -0.05) is 30.3 Å². The van der Waals surface area contributed by atoms with Gasteiger partial charge >= 0.3 is 6.03 Å². The van der Waals surface area contributed by atoms with Crippen molar-refractivity contribution in [3.8, 4) is 5.75 Å². The molecule has 10 nitrogen and oxygen atoms in total. The summed E-state index contributed by atoms with van der Waals surface area (Å²) in [5.74, 6) is 2.13. The molecule has 2 fully saturated rings. The molecule has 12 heteroatoms. The number of amides is 4. The van der Waals surface area contributed by atoms with Gasteiger partial charge in [-0.3, -0.25) is 14.4 Å². The Morgan fingerprint density at radius 1 is 1.10 bits per heavy atom. The Labute approximate surface area is 239 Å². The Kier molecular flexibility index (Phi) is 13.2. The largest absolute Gasteiger partial charge is 0.492 e. The molecule has 2 aliphatic heterocycles. The minimum Gasteiger partial charge on any atom is -0.492 e. The molecule has 2 aliphatic rings. The van der Waals surface area contributed by atoms with E-state index in [4.69, 9.17) is 10.5 Å². The fraction of sp³-hybridized carbons (Fsp3) is 0.630. The number of thioether (sulfide) groups is 2. The lowest BCUT2D eigenvalue weighted by molar-refractivity contribution is -0.123. The van der Waals surface area contributed by atoms with Crippen molar-refractivity contribution in [2.24, 2.45) is 5.73 Å². The first-order chi connectivity index (χ1) is 18.8. The summed E-state index contributed by atoms with van der Waals surface area (Å²) in [5.41, 5.74) is 7.05. The van der Waals surface area contributed by atoms with Gasteiger partial charge in [0.2, 0.25) is 11.8 Å². The number of hydrogen-bond donors (Lipinski definition) is 5. The highest BCUT2D eigenvalue weighted by atomic mass is 32.2. The molecule has 0 bridgehead atoms. The van der Waals surface area contributed by atoms with E-state index in [0.29, 0.717) is 49.3 Å². The highest BCUT2D eigenvalue weighted by Crippen LogP contribution is 2.33. The zero-order chi connectivity index (χ0) is 28.0. The van der Waals surface area contributed by atoms with Gasteiger partial charge in [-0.2, -0.15) is 11.8 Å². The Morgan fingerprint density at radius 3 is 2.67 bits per heavy atom. The average Bonchev–Trinajstić information content (AvgIpc) is 3.47. The third-order valence-electron chi connectivity index (χ3n) is 6.72. The Hall–Kier alpha value is -2.44. The monoisotopic (exact) mass is 579 g/mol. The van der Waals surface area contributed by atoms with E-state index in [0.717, 1.165) is 43.4 Å². The van der Waals surface area contributed by atoms with Gasteiger partial charge in [-0.15, -0.1) is 0 Å². The van der Waals surface area contributed by atoms with Crippen LogP contribution in [0.15, 0.2) is 24.3 Å². The molecule has 2 saturated heterocycles. The molecule has 0 aliphatic carbocycles. The fourth-order valence-electron chi connectivity index (χ4n) is 4.55. The van der Waals surface area contributed by atoms with Crippen LogP contribution in [0.2, 0.25) is 0 Å². The fourth-order valence-corrected chi connectivity index (χ4v) is 6.66. The van der Waals surface area contributed by atoms with Crippen LogP contribution in [0.1, 0.15) is 57.4 Å². The van der Waals surface area contributed by atoms with Gasteiger partial charge in [-0.05, 0) is 49.8 Å². The van der Waals surface area contributed by atoms with Crippen LogP contribution in [-0.4, -0.2) is 71.8 Å². The topological polar surface area (TPSA) is 152 Å². The molecule has 0 saturated carbocycles. The lowest BCUT2D eigenvalue weighted by Gasteiger charge is -2.16.